The van der Waals surface area contributed by atoms with Crippen molar-refractivity contribution in [2.45, 2.75) is 17.1 Å². The molecule has 1 unspecified atom stereocenters. The van der Waals surface area contributed by atoms with Crippen LogP contribution >= 0.6 is 11.8 Å². The topological polar surface area (TPSA) is 58.6 Å². The van der Waals surface area contributed by atoms with Gasteiger partial charge in [-0.05, 0) is 31.3 Å². The van der Waals surface area contributed by atoms with Crippen molar-refractivity contribution in [1.29, 1.82) is 0 Å². The van der Waals surface area contributed by atoms with Crippen LogP contribution in [0.4, 0.5) is 0 Å². The number of likely N-dealkylation sites (N-methyl/N-ethyl adjacent to an activating group) is 1. The van der Waals surface area contributed by atoms with E-state index < -0.39 is 10.0 Å². The number of nitrogens with zero attached hydrogens (tertiary/aromatic N) is 1. The molecule has 1 aliphatic rings. The minimum Gasteiger partial charge on any atom is -0.492 e. The predicted octanol–water partition coefficient (Wildman–Crippen LogP) is 1.41. The Morgan fingerprint density at radius 2 is 2.10 bits per heavy atom. The van der Waals surface area contributed by atoms with Crippen LogP contribution in [0.3, 0.4) is 0 Å². The van der Waals surface area contributed by atoms with Gasteiger partial charge in [0.1, 0.15) is 12.4 Å². The number of benzene rings is 1. The molecule has 7 heteroatoms. The van der Waals surface area contributed by atoms with E-state index in [1.807, 2.05) is 18.8 Å². The Bertz CT molecular complexity index is 546. The third-order valence-electron chi connectivity index (χ3n) is 3.29. The van der Waals surface area contributed by atoms with Crippen LogP contribution in [0.2, 0.25) is 0 Å². The summed E-state index contributed by atoms with van der Waals surface area (Å²) in [6, 6.07) is 6.67. The van der Waals surface area contributed by atoms with E-state index in [-0.39, 0.29) is 0 Å². The fourth-order valence-electron chi connectivity index (χ4n) is 2.13. The molecule has 1 fully saturated rings. The summed E-state index contributed by atoms with van der Waals surface area (Å²) in [7, 11) is -1.53. The lowest BCUT2D eigenvalue weighted by Gasteiger charge is -2.29. The van der Waals surface area contributed by atoms with Gasteiger partial charge in [0.2, 0.25) is 10.0 Å². The van der Waals surface area contributed by atoms with Crippen LogP contribution < -0.4 is 10.1 Å². The highest BCUT2D eigenvalue weighted by atomic mass is 32.2. The number of nitrogens with one attached hydrogen (secondary N) is 1. The summed E-state index contributed by atoms with van der Waals surface area (Å²) in [4.78, 5) is 0.336. The van der Waals surface area contributed by atoms with Crippen molar-refractivity contribution >= 4 is 21.8 Å². The normalized spacial score (nSPS) is 20.4. The highest BCUT2D eigenvalue weighted by molar-refractivity contribution is 8.00. The number of sulfonamides is 1. The lowest BCUT2D eigenvalue weighted by molar-refractivity contribution is 0.318. The zero-order valence-electron chi connectivity index (χ0n) is 12.4. The molecule has 1 aliphatic heterocycles. The first-order chi connectivity index (χ1) is 10.0. The standard InChI is InChI=1S/C14H22N2O3S2/c1-12-11-16(8-10-20-12)21(17,18)14-5-3-13(4-6-14)19-9-7-15-2/h3-6,12,15H,7-11H2,1-2H3. The first kappa shape index (κ1) is 16.6. The molecular weight excluding hydrogens is 308 g/mol. The van der Waals surface area contributed by atoms with Crippen molar-refractivity contribution in [2.75, 3.05) is 39.0 Å². The minimum absolute atomic E-state index is 0.336. The molecule has 5 nitrogen and oxygen atoms in total. The van der Waals surface area contributed by atoms with E-state index in [1.54, 1.807) is 28.6 Å². The molecular formula is C14H22N2O3S2. The highest BCUT2D eigenvalue weighted by Gasteiger charge is 2.28. The molecule has 0 radical (unpaired) electrons. The summed E-state index contributed by atoms with van der Waals surface area (Å²) in [5.74, 6) is 1.54. The van der Waals surface area contributed by atoms with Gasteiger partial charge in [0.25, 0.3) is 0 Å². The van der Waals surface area contributed by atoms with Crippen LogP contribution in [0.25, 0.3) is 0 Å². The molecule has 0 saturated carbocycles. The third-order valence-corrected chi connectivity index (χ3v) is 6.30. The summed E-state index contributed by atoms with van der Waals surface area (Å²) in [5.41, 5.74) is 0. The molecule has 0 aliphatic carbocycles. The van der Waals surface area contributed by atoms with Crippen LogP contribution in [0.5, 0.6) is 5.75 Å². The van der Waals surface area contributed by atoms with Gasteiger partial charge < -0.3 is 10.1 Å². The zero-order chi connectivity index (χ0) is 15.3. The van der Waals surface area contributed by atoms with Gasteiger partial charge in [-0.2, -0.15) is 16.1 Å². The Labute approximate surface area is 131 Å². The largest absolute Gasteiger partial charge is 0.492 e. The second-order valence-electron chi connectivity index (χ2n) is 4.97. The van der Waals surface area contributed by atoms with E-state index in [1.165, 1.54) is 0 Å². The first-order valence-electron chi connectivity index (χ1n) is 7.03. The van der Waals surface area contributed by atoms with Crippen molar-refractivity contribution in [3.05, 3.63) is 24.3 Å². The Kier molecular flexibility index (Phi) is 5.92. The molecule has 0 spiro atoms. The van der Waals surface area contributed by atoms with Gasteiger partial charge in [-0.3, -0.25) is 0 Å². The maximum atomic E-state index is 12.6. The Balaban J connectivity index is 2.06. The number of thioether (sulfide) groups is 1. The molecule has 21 heavy (non-hydrogen) atoms. The van der Waals surface area contributed by atoms with Gasteiger partial charge in [0, 0.05) is 30.6 Å². The van der Waals surface area contributed by atoms with E-state index in [0.717, 1.165) is 12.3 Å². The average molecular weight is 330 g/mol. The maximum Gasteiger partial charge on any atom is 0.243 e. The Morgan fingerprint density at radius 3 is 2.71 bits per heavy atom. The molecule has 1 N–H and O–H groups in total. The monoisotopic (exact) mass is 330 g/mol. The summed E-state index contributed by atoms with van der Waals surface area (Å²) in [5, 5.41) is 3.34. The summed E-state index contributed by atoms with van der Waals surface area (Å²) >= 11 is 1.81. The smallest absolute Gasteiger partial charge is 0.243 e. The molecule has 1 aromatic rings. The van der Waals surface area contributed by atoms with E-state index in [2.05, 4.69) is 12.2 Å². The van der Waals surface area contributed by atoms with Crippen molar-refractivity contribution < 1.29 is 13.2 Å². The van der Waals surface area contributed by atoms with Gasteiger partial charge in [-0.25, -0.2) is 8.42 Å². The molecule has 118 valence electrons. The van der Waals surface area contributed by atoms with Crippen molar-refractivity contribution in [3.8, 4) is 5.75 Å². The second-order valence-corrected chi connectivity index (χ2v) is 8.45. The number of hydrogen-bond donors (Lipinski definition) is 1. The van der Waals surface area contributed by atoms with E-state index in [9.17, 15) is 8.42 Å². The molecule has 0 amide bonds. The first-order valence-corrected chi connectivity index (χ1v) is 9.52. The zero-order valence-corrected chi connectivity index (χ0v) is 14.0. The molecule has 1 saturated heterocycles. The van der Waals surface area contributed by atoms with E-state index in [0.29, 0.717) is 35.6 Å². The van der Waals surface area contributed by atoms with Gasteiger partial charge >= 0.3 is 0 Å². The highest BCUT2D eigenvalue weighted by Crippen LogP contribution is 2.25. The molecule has 0 aromatic heterocycles. The van der Waals surface area contributed by atoms with Crippen molar-refractivity contribution in [1.82, 2.24) is 9.62 Å². The van der Waals surface area contributed by atoms with Crippen molar-refractivity contribution in [3.63, 3.8) is 0 Å². The van der Waals surface area contributed by atoms with Crippen LogP contribution in [0.15, 0.2) is 29.2 Å². The number of rotatable bonds is 6. The van der Waals surface area contributed by atoms with Crippen LogP contribution in [-0.4, -0.2) is 57.0 Å². The van der Waals surface area contributed by atoms with Gasteiger partial charge in [0.05, 0.1) is 4.90 Å². The number of hydrogen-bond acceptors (Lipinski definition) is 5. The fourth-order valence-corrected chi connectivity index (χ4v) is 4.89. The lowest BCUT2D eigenvalue weighted by atomic mass is 10.3. The fraction of sp³-hybridized carbons (Fsp3) is 0.571. The van der Waals surface area contributed by atoms with Gasteiger partial charge in [0.15, 0.2) is 0 Å². The quantitative estimate of drug-likeness (QED) is 0.799. The average Bonchev–Trinajstić information content (AvgIpc) is 2.48. The summed E-state index contributed by atoms with van der Waals surface area (Å²) in [6.45, 7) is 4.53. The summed E-state index contributed by atoms with van der Waals surface area (Å²) < 4.78 is 32.2. The third kappa shape index (κ3) is 4.35. The van der Waals surface area contributed by atoms with Crippen LogP contribution in [-0.2, 0) is 10.0 Å². The summed E-state index contributed by atoms with van der Waals surface area (Å²) in [6.07, 6.45) is 0. The maximum absolute atomic E-state index is 12.6. The SMILES string of the molecule is CNCCOc1ccc(S(=O)(=O)N2CCSC(C)C2)cc1. The van der Waals surface area contributed by atoms with Crippen LogP contribution in [0.1, 0.15) is 6.92 Å². The molecule has 0 bridgehead atoms. The van der Waals surface area contributed by atoms with Gasteiger partial charge in [-0.1, -0.05) is 6.92 Å². The van der Waals surface area contributed by atoms with Gasteiger partial charge in [-0.15, -0.1) is 0 Å². The van der Waals surface area contributed by atoms with E-state index in [4.69, 9.17) is 4.74 Å². The van der Waals surface area contributed by atoms with Crippen molar-refractivity contribution in [2.24, 2.45) is 0 Å². The predicted molar refractivity (Wildman–Crippen MR) is 86.5 cm³/mol. The molecule has 1 aromatic carbocycles. The molecule has 1 atom stereocenters. The minimum atomic E-state index is -3.38. The molecule has 1 heterocycles. The Hall–Kier alpha value is -0.760. The second kappa shape index (κ2) is 7.49. The Morgan fingerprint density at radius 1 is 1.38 bits per heavy atom. The lowest BCUT2D eigenvalue weighted by Crippen LogP contribution is -2.40. The number of ether oxygens (including phenoxy) is 1. The molecule has 2 rings (SSSR count). The van der Waals surface area contributed by atoms with Crippen LogP contribution in [0, 0.1) is 0 Å². The van der Waals surface area contributed by atoms with E-state index >= 15 is 0 Å².